The molecule has 0 spiro atoms. The summed E-state index contributed by atoms with van der Waals surface area (Å²) in [5, 5.41) is 2.63. The summed E-state index contributed by atoms with van der Waals surface area (Å²) in [4.78, 5) is 25.2. The van der Waals surface area contributed by atoms with Gasteiger partial charge in [0.1, 0.15) is 17.3 Å². The summed E-state index contributed by atoms with van der Waals surface area (Å²) in [6.45, 7) is 0.582. The lowest BCUT2D eigenvalue weighted by Gasteiger charge is -2.18. The fraction of sp³-hybridized carbons (Fsp3) is 0.222. The van der Waals surface area contributed by atoms with E-state index in [0.717, 1.165) is 16.4 Å². The standard InChI is InChI=1S/C18H18FN3O5S/c1-21(2)28(25,26)16-11-12(7-8-13(16)19)17(23)20-14-5-3-4-6-15(14)22-9-10-27-18(22)24/h3-8,11H,9-10H2,1-2H3,(H,20,23). The molecule has 0 aliphatic carbocycles. The van der Waals surface area contributed by atoms with Gasteiger partial charge >= 0.3 is 6.09 Å². The first-order valence-electron chi connectivity index (χ1n) is 8.28. The van der Waals surface area contributed by atoms with Crippen molar-refractivity contribution in [2.24, 2.45) is 0 Å². The first-order chi connectivity index (χ1) is 13.2. The van der Waals surface area contributed by atoms with Gasteiger partial charge in [0.05, 0.1) is 17.9 Å². The highest BCUT2D eigenvalue weighted by Gasteiger charge is 2.27. The summed E-state index contributed by atoms with van der Waals surface area (Å²) in [6.07, 6.45) is -0.525. The SMILES string of the molecule is CN(C)S(=O)(=O)c1cc(C(=O)Nc2ccccc2N2CCOC2=O)ccc1F. The number of carbonyl (C=O) groups excluding carboxylic acids is 2. The number of carbonyl (C=O) groups is 2. The van der Waals surface area contributed by atoms with Crippen LogP contribution in [-0.2, 0) is 14.8 Å². The molecule has 2 aromatic rings. The predicted molar refractivity (Wildman–Crippen MR) is 100 cm³/mol. The van der Waals surface area contributed by atoms with Gasteiger partial charge in [-0.3, -0.25) is 9.69 Å². The average molecular weight is 407 g/mol. The van der Waals surface area contributed by atoms with Crippen LogP contribution in [-0.4, -0.2) is 52.0 Å². The number of rotatable bonds is 5. The number of benzene rings is 2. The average Bonchev–Trinajstić information content (AvgIpc) is 3.08. The van der Waals surface area contributed by atoms with Crippen molar-refractivity contribution >= 4 is 33.4 Å². The third-order valence-electron chi connectivity index (χ3n) is 4.16. The number of hydrogen-bond donors (Lipinski definition) is 1. The lowest BCUT2D eigenvalue weighted by Crippen LogP contribution is -2.26. The summed E-state index contributed by atoms with van der Waals surface area (Å²) in [5.41, 5.74) is 0.745. The summed E-state index contributed by atoms with van der Waals surface area (Å²) < 4.78 is 44.3. The Morgan fingerprint density at radius 1 is 1.21 bits per heavy atom. The number of cyclic esters (lactones) is 1. The quantitative estimate of drug-likeness (QED) is 0.820. The number of hydrogen-bond acceptors (Lipinski definition) is 5. The molecule has 1 saturated heterocycles. The molecule has 0 atom stereocenters. The Morgan fingerprint density at radius 3 is 2.57 bits per heavy atom. The molecule has 2 amide bonds. The van der Waals surface area contributed by atoms with E-state index in [1.807, 2.05) is 0 Å². The van der Waals surface area contributed by atoms with E-state index in [-0.39, 0.29) is 12.2 Å². The van der Waals surface area contributed by atoms with E-state index in [1.165, 1.54) is 25.1 Å². The molecule has 3 rings (SSSR count). The van der Waals surface area contributed by atoms with E-state index in [9.17, 15) is 22.4 Å². The molecular formula is C18H18FN3O5S. The zero-order valence-electron chi connectivity index (χ0n) is 15.2. The minimum atomic E-state index is -4.06. The topological polar surface area (TPSA) is 96.0 Å². The first kappa shape index (κ1) is 19.8. The number of sulfonamides is 1. The van der Waals surface area contributed by atoms with Crippen LogP contribution in [0.25, 0.3) is 0 Å². The maximum atomic E-state index is 14.0. The Balaban J connectivity index is 1.92. The summed E-state index contributed by atoms with van der Waals surface area (Å²) in [6, 6.07) is 9.71. The zero-order chi connectivity index (χ0) is 20.5. The van der Waals surface area contributed by atoms with Crippen LogP contribution in [0, 0.1) is 5.82 Å². The number of halogens is 1. The summed E-state index contributed by atoms with van der Waals surface area (Å²) in [5.74, 6) is -1.60. The van der Waals surface area contributed by atoms with E-state index in [0.29, 0.717) is 17.9 Å². The van der Waals surface area contributed by atoms with Gasteiger partial charge in [-0.15, -0.1) is 0 Å². The van der Waals surface area contributed by atoms with Crippen molar-refractivity contribution in [1.29, 1.82) is 0 Å². The molecule has 8 nitrogen and oxygen atoms in total. The smallest absolute Gasteiger partial charge is 0.414 e. The molecule has 0 bridgehead atoms. The van der Waals surface area contributed by atoms with Gasteiger partial charge in [0, 0.05) is 19.7 Å². The first-order valence-corrected chi connectivity index (χ1v) is 9.72. The minimum Gasteiger partial charge on any atom is -0.447 e. The highest BCUT2D eigenvalue weighted by atomic mass is 32.2. The highest BCUT2D eigenvalue weighted by Crippen LogP contribution is 2.29. The molecule has 28 heavy (non-hydrogen) atoms. The number of anilines is 2. The molecule has 0 radical (unpaired) electrons. The van der Waals surface area contributed by atoms with Crippen molar-refractivity contribution < 1.29 is 27.1 Å². The fourth-order valence-electron chi connectivity index (χ4n) is 2.66. The second kappa shape index (κ2) is 7.56. The molecule has 1 aliphatic heterocycles. The van der Waals surface area contributed by atoms with Crippen molar-refractivity contribution in [3.8, 4) is 0 Å². The Morgan fingerprint density at radius 2 is 1.93 bits per heavy atom. The van der Waals surface area contributed by atoms with Crippen LogP contribution in [0.15, 0.2) is 47.4 Å². The van der Waals surface area contributed by atoms with Crippen LogP contribution < -0.4 is 10.2 Å². The van der Waals surface area contributed by atoms with Crippen molar-refractivity contribution in [3.05, 3.63) is 53.8 Å². The molecule has 10 heteroatoms. The highest BCUT2D eigenvalue weighted by molar-refractivity contribution is 7.89. The van der Waals surface area contributed by atoms with Crippen LogP contribution in [0.1, 0.15) is 10.4 Å². The summed E-state index contributed by atoms with van der Waals surface area (Å²) >= 11 is 0. The van der Waals surface area contributed by atoms with Gasteiger partial charge in [-0.2, -0.15) is 0 Å². The third-order valence-corrected chi connectivity index (χ3v) is 5.99. The van der Waals surface area contributed by atoms with E-state index in [2.05, 4.69) is 5.32 Å². The second-order valence-electron chi connectivity index (χ2n) is 6.17. The molecule has 1 fully saturated rings. The number of ether oxygens (including phenoxy) is 1. The van der Waals surface area contributed by atoms with E-state index >= 15 is 0 Å². The second-order valence-corrected chi connectivity index (χ2v) is 8.29. The minimum absolute atomic E-state index is 0.0411. The van der Waals surface area contributed by atoms with Crippen molar-refractivity contribution in [2.75, 3.05) is 37.5 Å². The number of amides is 2. The lowest BCUT2D eigenvalue weighted by atomic mass is 10.2. The molecule has 0 saturated carbocycles. The van der Waals surface area contributed by atoms with Gasteiger partial charge in [0.15, 0.2) is 0 Å². The molecule has 1 aliphatic rings. The largest absolute Gasteiger partial charge is 0.447 e. The van der Waals surface area contributed by atoms with Crippen LogP contribution in [0.3, 0.4) is 0 Å². The zero-order valence-corrected chi connectivity index (χ0v) is 16.0. The maximum absolute atomic E-state index is 14.0. The van der Waals surface area contributed by atoms with Crippen molar-refractivity contribution in [3.63, 3.8) is 0 Å². The summed E-state index contributed by atoms with van der Waals surface area (Å²) in [7, 11) is -1.51. The Hall–Kier alpha value is -2.98. The number of para-hydroxylation sites is 2. The molecular weight excluding hydrogens is 389 g/mol. The van der Waals surface area contributed by atoms with E-state index in [1.54, 1.807) is 24.3 Å². The third kappa shape index (κ3) is 3.69. The van der Waals surface area contributed by atoms with E-state index in [4.69, 9.17) is 4.74 Å². The van der Waals surface area contributed by atoms with Gasteiger partial charge in [0.25, 0.3) is 5.91 Å². The van der Waals surface area contributed by atoms with Crippen molar-refractivity contribution in [1.82, 2.24) is 4.31 Å². The molecule has 2 aromatic carbocycles. The van der Waals surface area contributed by atoms with Crippen LogP contribution in [0.2, 0.25) is 0 Å². The number of nitrogens with one attached hydrogen (secondary N) is 1. The number of nitrogens with zero attached hydrogens (tertiary/aromatic N) is 2. The van der Waals surface area contributed by atoms with Crippen LogP contribution >= 0.6 is 0 Å². The van der Waals surface area contributed by atoms with Gasteiger partial charge in [-0.1, -0.05) is 12.1 Å². The Bertz CT molecular complexity index is 1040. The van der Waals surface area contributed by atoms with Gasteiger partial charge in [0.2, 0.25) is 10.0 Å². The molecule has 0 unspecified atom stereocenters. The molecule has 1 heterocycles. The van der Waals surface area contributed by atoms with Gasteiger partial charge in [-0.05, 0) is 30.3 Å². The van der Waals surface area contributed by atoms with Crippen LogP contribution in [0.4, 0.5) is 20.6 Å². The monoisotopic (exact) mass is 407 g/mol. The predicted octanol–water partition coefficient (Wildman–Crippen LogP) is 2.28. The normalized spacial score (nSPS) is 14.3. The van der Waals surface area contributed by atoms with Gasteiger partial charge in [-0.25, -0.2) is 21.9 Å². The Labute approximate surface area is 161 Å². The van der Waals surface area contributed by atoms with Crippen LogP contribution in [0.5, 0.6) is 0 Å². The molecule has 0 aromatic heterocycles. The van der Waals surface area contributed by atoms with Crippen molar-refractivity contribution in [2.45, 2.75) is 4.90 Å². The lowest BCUT2D eigenvalue weighted by molar-refractivity contribution is 0.102. The molecule has 1 N–H and O–H groups in total. The molecule has 148 valence electrons. The Kier molecular flexibility index (Phi) is 5.34. The maximum Gasteiger partial charge on any atom is 0.414 e. The fourth-order valence-corrected chi connectivity index (χ4v) is 3.64. The van der Waals surface area contributed by atoms with Gasteiger partial charge < -0.3 is 10.1 Å². The van der Waals surface area contributed by atoms with E-state index < -0.39 is 32.7 Å².